The molecule has 0 saturated carbocycles. The molecule has 0 aliphatic heterocycles. The largest absolute Gasteiger partial charge is 0.478 e. The van der Waals surface area contributed by atoms with Crippen LogP contribution in [0.2, 0.25) is 0 Å². The van der Waals surface area contributed by atoms with Crippen LogP contribution < -0.4 is 10.9 Å². The van der Waals surface area contributed by atoms with E-state index in [0.29, 0.717) is 49.2 Å². The molecule has 2 heterocycles. The van der Waals surface area contributed by atoms with Gasteiger partial charge in [0, 0.05) is 53.3 Å². The number of para-hydroxylation sites is 2. The number of fused-ring (bicyclic) bond motifs is 4. The van der Waals surface area contributed by atoms with E-state index in [-0.39, 0.29) is 34.3 Å². The highest BCUT2D eigenvalue weighted by Gasteiger charge is 2.16. The molecule has 41 heavy (non-hydrogen) atoms. The summed E-state index contributed by atoms with van der Waals surface area (Å²) in [5.41, 5.74) is 3.00. The molecule has 0 spiro atoms. The molecule has 9 heteroatoms. The lowest BCUT2D eigenvalue weighted by atomic mass is 10.0. The summed E-state index contributed by atoms with van der Waals surface area (Å²) in [6.07, 6.45) is 0. The number of hydrogen-bond acceptors (Lipinski definition) is 5. The highest BCUT2D eigenvalue weighted by Crippen LogP contribution is 2.26. The summed E-state index contributed by atoms with van der Waals surface area (Å²) >= 11 is 5.11. The number of halogens is 1. The minimum Gasteiger partial charge on any atom is -0.478 e. The SMILES string of the molecule is CC(=O)c1cc(Cn2c3ccccc3c(=O)c3cc4[nH]c5ccccc5c(=O)c4cc32)cc(C(=O)O)c1.CN(C)Cl. The standard InChI is InChI=1S/C30H20N2O5.C2H6ClN/c1-16(33)18-10-17(11-19(12-18)30(36)37)15-32-26-9-5-3-7-21(26)29(35)23-13-25-22(14-27(23)32)28(34)20-6-2-4-8-24(20)31-25;1-4(2)3/h2-14H,15H2,1H3,(H,31,34)(H,36,37);1-2H3. The van der Waals surface area contributed by atoms with E-state index in [4.69, 9.17) is 11.8 Å². The molecule has 0 fully saturated rings. The van der Waals surface area contributed by atoms with Crippen molar-refractivity contribution in [3.05, 3.63) is 116 Å². The number of nitrogens with one attached hydrogen (secondary N) is 1. The molecule has 0 amide bonds. The summed E-state index contributed by atoms with van der Waals surface area (Å²) in [7, 11) is 3.53. The second-order valence-electron chi connectivity index (χ2n) is 9.91. The van der Waals surface area contributed by atoms with Crippen LogP contribution >= 0.6 is 11.8 Å². The second kappa shape index (κ2) is 11.0. The first kappa shape index (κ1) is 27.8. The van der Waals surface area contributed by atoms with Gasteiger partial charge in [0.1, 0.15) is 0 Å². The Morgan fingerprint density at radius 3 is 2.07 bits per heavy atom. The fraction of sp³-hybridized carbons (Fsp3) is 0.125. The molecule has 4 aromatic carbocycles. The lowest BCUT2D eigenvalue weighted by Gasteiger charge is -2.17. The van der Waals surface area contributed by atoms with Crippen LogP contribution in [0.15, 0.2) is 88.5 Å². The van der Waals surface area contributed by atoms with Crippen LogP contribution in [0.5, 0.6) is 0 Å². The zero-order chi connectivity index (χ0) is 29.4. The molecule has 0 radical (unpaired) electrons. The van der Waals surface area contributed by atoms with Crippen LogP contribution in [0.1, 0.15) is 33.2 Å². The second-order valence-corrected chi connectivity index (χ2v) is 10.6. The Hall–Kier alpha value is -4.79. The van der Waals surface area contributed by atoms with E-state index < -0.39 is 5.97 Å². The van der Waals surface area contributed by atoms with Gasteiger partial charge < -0.3 is 14.7 Å². The van der Waals surface area contributed by atoms with Gasteiger partial charge in [-0.25, -0.2) is 9.21 Å². The van der Waals surface area contributed by atoms with Crippen molar-refractivity contribution in [2.75, 3.05) is 14.1 Å². The molecule has 6 rings (SSSR count). The number of carboxylic acids is 1. The van der Waals surface area contributed by atoms with E-state index in [1.807, 2.05) is 28.8 Å². The number of aromatic amines is 1. The number of H-pyrrole nitrogens is 1. The van der Waals surface area contributed by atoms with E-state index in [9.17, 15) is 24.3 Å². The van der Waals surface area contributed by atoms with Gasteiger partial charge in [-0.05, 0) is 78.9 Å². The number of nitrogens with zero attached hydrogens (tertiary/aromatic N) is 2. The van der Waals surface area contributed by atoms with Crippen molar-refractivity contribution in [1.82, 2.24) is 14.0 Å². The first-order chi connectivity index (χ1) is 19.5. The predicted octanol–water partition coefficient (Wildman–Crippen LogP) is 5.80. The molecule has 2 N–H and O–H groups in total. The molecule has 0 aliphatic carbocycles. The van der Waals surface area contributed by atoms with Crippen LogP contribution in [0.25, 0.3) is 43.6 Å². The first-order valence-electron chi connectivity index (χ1n) is 12.8. The maximum absolute atomic E-state index is 13.5. The Balaban J connectivity index is 0.000000794. The predicted molar refractivity (Wildman–Crippen MR) is 163 cm³/mol. The summed E-state index contributed by atoms with van der Waals surface area (Å²) < 4.78 is 3.37. The average Bonchev–Trinajstić information content (AvgIpc) is 2.94. The highest BCUT2D eigenvalue weighted by molar-refractivity contribution is 6.12. The Kier molecular flexibility index (Phi) is 7.45. The lowest BCUT2D eigenvalue weighted by molar-refractivity contribution is 0.0696. The van der Waals surface area contributed by atoms with Crippen molar-refractivity contribution in [2.45, 2.75) is 13.5 Å². The minimum absolute atomic E-state index is 0.00530. The average molecular weight is 568 g/mol. The van der Waals surface area contributed by atoms with Gasteiger partial charge in [-0.15, -0.1) is 0 Å². The Morgan fingerprint density at radius 1 is 0.780 bits per heavy atom. The third kappa shape index (κ3) is 5.35. The molecule has 8 nitrogen and oxygen atoms in total. The Morgan fingerprint density at radius 2 is 1.39 bits per heavy atom. The number of carbonyl (C=O) groups excluding carboxylic acids is 1. The molecule has 206 valence electrons. The zero-order valence-corrected chi connectivity index (χ0v) is 23.3. The van der Waals surface area contributed by atoms with E-state index in [0.717, 1.165) is 0 Å². The molecule has 0 saturated heterocycles. The third-order valence-corrected chi connectivity index (χ3v) is 6.78. The fourth-order valence-corrected chi connectivity index (χ4v) is 5.00. The number of ketones is 1. The summed E-state index contributed by atoms with van der Waals surface area (Å²) in [6.45, 7) is 1.58. The fourth-order valence-electron chi connectivity index (χ4n) is 5.00. The molecular formula is C32H26ClN3O5. The molecular weight excluding hydrogens is 542 g/mol. The topological polar surface area (TPSA) is 112 Å². The monoisotopic (exact) mass is 567 g/mol. The lowest BCUT2D eigenvalue weighted by Crippen LogP contribution is -2.14. The summed E-state index contributed by atoms with van der Waals surface area (Å²) in [5.74, 6) is -1.38. The van der Waals surface area contributed by atoms with Gasteiger partial charge in [-0.2, -0.15) is 0 Å². The van der Waals surface area contributed by atoms with Crippen LogP contribution in [0, 0.1) is 0 Å². The normalized spacial score (nSPS) is 11.2. The summed E-state index contributed by atoms with van der Waals surface area (Å²) in [6, 6.07) is 22.4. The number of carboxylic acid groups (broad SMARTS) is 1. The number of aromatic nitrogens is 2. The highest BCUT2D eigenvalue weighted by atomic mass is 35.5. The van der Waals surface area contributed by atoms with Gasteiger partial charge in [0.25, 0.3) is 0 Å². The molecule has 0 unspecified atom stereocenters. The van der Waals surface area contributed by atoms with Gasteiger partial charge in [0.2, 0.25) is 0 Å². The van der Waals surface area contributed by atoms with Crippen molar-refractivity contribution in [1.29, 1.82) is 0 Å². The van der Waals surface area contributed by atoms with Crippen molar-refractivity contribution >= 4 is 67.1 Å². The van der Waals surface area contributed by atoms with Gasteiger partial charge in [0.15, 0.2) is 16.6 Å². The smallest absolute Gasteiger partial charge is 0.335 e. The van der Waals surface area contributed by atoms with E-state index in [1.165, 1.54) is 23.5 Å². The molecule has 0 aliphatic rings. The van der Waals surface area contributed by atoms with Gasteiger partial charge >= 0.3 is 5.97 Å². The van der Waals surface area contributed by atoms with Gasteiger partial charge in [-0.3, -0.25) is 14.4 Å². The number of Topliss-reactive ketones (excluding diaryl/α,β-unsaturated/α-hetero) is 1. The third-order valence-electron chi connectivity index (χ3n) is 6.78. The van der Waals surface area contributed by atoms with Crippen molar-refractivity contribution < 1.29 is 14.7 Å². The molecule has 0 bridgehead atoms. The quantitative estimate of drug-likeness (QED) is 0.158. The van der Waals surface area contributed by atoms with Gasteiger partial charge in [-0.1, -0.05) is 24.3 Å². The van der Waals surface area contributed by atoms with Crippen molar-refractivity contribution in [2.24, 2.45) is 0 Å². The van der Waals surface area contributed by atoms with Crippen LogP contribution in [-0.2, 0) is 6.54 Å². The van der Waals surface area contributed by atoms with Crippen molar-refractivity contribution in [3.63, 3.8) is 0 Å². The molecule has 0 atom stereocenters. The van der Waals surface area contributed by atoms with Gasteiger partial charge in [0.05, 0.1) is 22.1 Å². The summed E-state index contributed by atoms with van der Waals surface area (Å²) in [4.78, 5) is 54.0. The minimum atomic E-state index is -1.14. The molecule has 6 aromatic rings. The van der Waals surface area contributed by atoms with E-state index >= 15 is 0 Å². The van der Waals surface area contributed by atoms with E-state index in [1.54, 1.807) is 56.6 Å². The number of hydrogen-bond donors (Lipinski definition) is 2. The Bertz CT molecular complexity index is 2090. The Labute approximate surface area is 239 Å². The first-order valence-corrected chi connectivity index (χ1v) is 13.1. The molecule has 2 aromatic heterocycles. The maximum Gasteiger partial charge on any atom is 0.335 e. The van der Waals surface area contributed by atoms with Crippen LogP contribution in [-0.4, -0.2) is 44.9 Å². The zero-order valence-electron chi connectivity index (χ0n) is 22.6. The number of pyridine rings is 2. The number of aromatic carboxylic acids is 1. The van der Waals surface area contributed by atoms with Crippen molar-refractivity contribution in [3.8, 4) is 0 Å². The summed E-state index contributed by atoms with van der Waals surface area (Å²) in [5, 5.41) is 11.5. The maximum atomic E-state index is 13.5. The number of carbonyl (C=O) groups is 2. The van der Waals surface area contributed by atoms with Crippen LogP contribution in [0.3, 0.4) is 0 Å². The van der Waals surface area contributed by atoms with E-state index in [2.05, 4.69) is 4.98 Å². The van der Waals surface area contributed by atoms with Crippen LogP contribution in [0.4, 0.5) is 0 Å². The number of rotatable bonds is 4. The number of benzene rings is 4.